The number of carbonyl (C=O) groups is 1. The third-order valence-corrected chi connectivity index (χ3v) is 3.98. The summed E-state index contributed by atoms with van der Waals surface area (Å²) in [6.45, 7) is 0. The Labute approximate surface area is 90.9 Å². The van der Waals surface area contributed by atoms with Gasteiger partial charge in [-0.3, -0.25) is 4.79 Å². The van der Waals surface area contributed by atoms with Gasteiger partial charge in [0, 0.05) is 5.41 Å². The highest BCUT2D eigenvalue weighted by molar-refractivity contribution is 5.80. The third-order valence-electron chi connectivity index (χ3n) is 3.98. The van der Waals surface area contributed by atoms with Gasteiger partial charge in [-0.25, -0.2) is 8.78 Å². The van der Waals surface area contributed by atoms with Gasteiger partial charge in [-0.05, 0) is 43.0 Å². The maximum atomic E-state index is 13.5. The van der Waals surface area contributed by atoms with Gasteiger partial charge in [0.25, 0.3) is 0 Å². The number of halogens is 2. The first-order chi connectivity index (χ1) is 7.47. The number of benzene rings is 1. The summed E-state index contributed by atoms with van der Waals surface area (Å²) in [5.74, 6) is -1.71. The minimum Gasteiger partial charge on any atom is -0.481 e. The summed E-state index contributed by atoms with van der Waals surface area (Å²) in [4.78, 5) is 10.9. The molecule has 3 saturated carbocycles. The topological polar surface area (TPSA) is 37.3 Å². The van der Waals surface area contributed by atoms with Crippen molar-refractivity contribution in [1.82, 2.24) is 0 Å². The molecule has 0 aromatic heterocycles. The summed E-state index contributed by atoms with van der Waals surface area (Å²) < 4.78 is 26.5. The van der Waals surface area contributed by atoms with E-state index in [9.17, 15) is 13.6 Å². The van der Waals surface area contributed by atoms with Gasteiger partial charge < -0.3 is 5.11 Å². The molecule has 0 atom stereocenters. The van der Waals surface area contributed by atoms with Crippen molar-refractivity contribution in [3.8, 4) is 0 Å². The molecule has 16 heavy (non-hydrogen) atoms. The van der Waals surface area contributed by atoms with E-state index in [0.29, 0.717) is 24.8 Å². The molecule has 0 amide bonds. The van der Waals surface area contributed by atoms with Crippen molar-refractivity contribution in [2.75, 3.05) is 0 Å². The van der Waals surface area contributed by atoms with Crippen molar-refractivity contribution < 1.29 is 18.7 Å². The van der Waals surface area contributed by atoms with Gasteiger partial charge in [0.1, 0.15) is 11.6 Å². The van der Waals surface area contributed by atoms with E-state index in [1.807, 2.05) is 0 Å². The summed E-state index contributed by atoms with van der Waals surface area (Å²) in [6, 6.07) is 3.38. The highest BCUT2D eigenvalue weighted by Crippen LogP contribution is 2.73. The lowest BCUT2D eigenvalue weighted by Gasteiger charge is -2.68. The van der Waals surface area contributed by atoms with Gasteiger partial charge >= 0.3 is 5.97 Å². The highest BCUT2D eigenvalue weighted by Gasteiger charge is 2.72. The highest BCUT2D eigenvalue weighted by atomic mass is 19.1. The molecule has 84 valence electrons. The van der Waals surface area contributed by atoms with Crippen LogP contribution in [0.25, 0.3) is 0 Å². The summed E-state index contributed by atoms with van der Waals surface area (Å²) >= 11 is 0. The molecule has 2 nitrogen and oxygen atoms in total. The zero-order valence-corrected chi connectivity index (χ0v) is 8.46. The minimum atomic E-state index is -0.814. The number of rotatable bonds is 2. The Bertz CT molecular complexity index is 476. The number of carboxylic acid groups (broad SMARTS) is 1. The number of hydrogen-bond donors (Lipinski definition) is 1. The Morgan fingerprint density at radius 2 is 1.88 bits per heavy atom. The summed E-state index contributed by atoms with van der Waals surface area (Å²) in [6.07, 6.45) is 1.32. The van der Waals surface area contributed by atoms with Crippen LogP contribution in [0.2, 0.25) is 0 Å². The average molecular weight is 224 g/mol. The molecule has 2 bridgehead atoms. The smallest absolute Gasteiger partial charge is 0.309 e. The van der Waals surface area contributed by atoms with Crippen LogP contribution in [0.15, 0.2) is 18.2 Å². The molecule has 0 unspecified atom stereocenters. The molecule has 1 N–H and O–H groups in total. The normalized spacial score (nSPS) is 35.1. The monoisotopic (exact) mass is 224 g/mol. The largest absolute Gasteiger partial charge is 0.481 e. The van der Waals surface area contributed by atoms with Crippen molar-refractivity contribution in [2.45, 2.75) is 24.7 Å². The molecule has 0 heterocycles. The second-order valence-electron chi connectivity index (χ2n) is 5.02. The lowest BCUT2D eigenvalue weighted by molar-refractivity contribution is -0.195. The van der Waals surface area contributed by atoms with E-state index in [1.54, 1.807) is 0 Å². The van der Waals surface area contributed by atoms with Crippen LogP contribution in [0, 0.1) is 17.0 Å². The SMILES string of the molecule is O=C(O)C12CC(c3cc(F)ccc3F)(C1)C2. The van der Waals surface area contributed by atoms with Gasteiger partial charge in [-0.15, -0.1) is 0 Å². The summed E-state index contributed by atoms with van der Waals surface area (Å²) in [5.41, 5.74) is -0.723. The first kappa shape index (κ1) is 9.75. The molecular formula is C12H10F2O2. The Hall–Kier alpha value is -1.45. The van der Waals surface area contributed by atoms with Crippen LogP contribution in [-0.2, 0) is 10.2 Å². The van der Waals surface area contributed by atoms with Gasteiger partial charge in [0.15, 0.2) is 0 Å². The van der Waals surface area contributed by atoms with Crippen molar-refractivity contribution >= 4 is 5.97 Å². The van der Waals surface area contributed by atoms with E-state index in [-0.39, 0.29) is 0 Å². The van der Waals surface area contributed by atoms with Crippen molar-refractivity contribution in [1.29, 1.82) is 0 Å². The molecule has 0 aliphatic heterocycles. The number of aliphatic carboxylic acids is 1. The zero-order valence-electron chi connectivity index (χ0n) is 8.46. The molecular weight excluding hydrogens is 214 g/mol. The second-order valence-corrected chi connectivity index (χ2v) is 5.02. The van der Waals surface area contributed by atoms with Gasteiger partial charge in [-0.2, -0.15) is 0 Å². The molecule has 3 aliphatic carbocycles. The Kier molecular flexibility index (Phi) is 1.60. The second kappa shape index (κ2) is 2.62. The Balaban J connectivity index is 1.93. The molecule has 3 aliphatic rings. The van der Waals surface area contributed by atoms with Crippen LogP contribution < -0.4 is 0 Å². The minimum absolute atomic E-state index is 0.343. The molecule has 1 aromatic rings. The lowest BCUT2D eigenvalue weighted by Crippen LogP contribution is -2.68. The molecule has 1 aromatic carbocycles. The first-order valence-electron chi connectivity index (χ1n) is 5.17. The van der Waals surface area contributed by atoms with Crippen LogP contribution in [0.1, 0.15) is 24.8 Å². The van der Waals surface area contributed by atoms with Crippen LogP contribution in [0.4, 0.5) is 8.78 Å². The molecule has 4 rings (SSSR count). The fourth-order valence-electron chi connectivity index (χ4n) is 3.20. The Morgan fingerprint density at radius 1 is 1.25 bits per heavy atom. The predicted octanol–water partition coefficient (Wildman–Crippen LogP) is 2.47. The number of hydrogen-bond acceptors (Lipinski definition) is 1. The molecule has 3 fully saturated rings. The fourth-order valence-corrected chi connectivity index (χ4v) is 3.20. The predicted molar refractivity (Wildman–Crippen MR) is 52.0 cm³/mol. The lowest BCUT2D eigenvalue weighted by atomic mass is 9.33. The molecule has 4 heteroatoms. The van der Waals surface area contributed by atoms with E-state index < -0.39 is 28.4 Å². The van der Waals surface area contributed by atoms with Crippen LogP contribution in [0.5, 0.6) is 0 Å². The standard InChI is InChI=1S/C12H10F2O2/c13-7-1-2-9(14)8(3-7)11-4-12(5-11,6-11)10(15)16/h1-3H,4-6H2,(H,15,16). The van der Waals surface area contributed by atoms with Crippen molar-refractivity contribution in [2.24, 2.45) is 5.41 Å². The first-order valence-corrected chi connectivity index (χ1v) is 5.17. The van der Waals surface area contributed by atoms with Gasteiger partial charge in [0.2, 0.25) is 0 Å². The molecule has 0 spiro atoms. The quantitative estimate of drug-likeness (QED) is 0.837. The summed E-state index contributed by atoms with van der Waals surface area (Å²) in [5, 5.41) is 8.95. The van der Waals surface area contributed by atoms with Gasteiger partial charge in [-0.1, -0.05) is 0 Å². The zero-order chi connectivity index (χ0) is 11.6. The van der Waals surface area contributed by atoms with E-state index in [1.165, 1.54) is 6.07 Å². The number of carboxylic acids is 1. The van der Waals surface area contributed by atoms with Crippen molar-refractivity contribution in [3.63, 3.8) is 0 Å². The van der Waals surface area contributed by atoms with Crippen LogP contribution >= 0.6 is 0 Å². The maximum absolute atomic E-state index is 13.5. The van der Waals surface area contributed by atoms with E-state index >= 15 is 0 Å². The molecule has 0 radical (unpaired) electrons. The molecule has 0 saturated heterocycles. The third kappa shape index (κ3) is 0.970. The fraction of sp³-hybridized carbons (Fsp3) is 0.417. The Morgan fingerprint density at radius 3 is 2.44 bits per heavy atom. The average Bonchev–Trinajstić information content (AvgIpc) is 2.05. The summed E-state index contributed by atoms with van der Waals surface area (Å²) in [7, 11) is 0. The van der Waals surface area contributed by atoms with E-state index in [4.69, 9.17) is 5.11 Å². The van der Waals surface area contributed by atoms with E-state index in [0.717, 1.165) is 12.1 Å². The van der Waals surface area contributed by atoms with Crippen molar-refractivity contribution in [3.05, 3.63) is 35.4 Å². The van der Waals surface area contributed by atoms with Gasteiger partial charge in [0.05, 0.1) is 5.41 Å². The van der Waals surface area contributed by atoms with Crippen LogP contribution in [-0.4, -0.2) is 11.1 Å². The maximum Gasteiger partial charge on any atom is 0.309 e. The van der Waals surface area contributed by atoms with Crippen LogP contribution in [0.3, 0.4) is 0 Å². The van der Waals surface area contributed by atoms with E-state index in [2.05, 4.69) is 0 Å².